The van der Waals surface area contributed by atoms with Gasteiger partial charge >= 0.3 is 0 Å². The lowest BCUT2D eigenvalue weighted by atomic mass is 9.97. The van der Waals surface area contributed by atoms with Crippen LogP contribution in [0.1, 0.15) is 31.2 Å². The van der Waals surface area contributed by atoms with Crippen LogP contribution in [0, 0.1) is 0 Å². The van der Waals surface area contributed by atoms with Gasteiger partial charge in [0.15, 0.2) is 0 Å². The molecule has 188 valence electrons. The van der Waals surface area contributed by atoms with Gasteiger partial charge < -0.3 is 71.3 Å². The highest BCUT2D eigenvalue weighted by Gasteiger charge is 2.08. The molecule has 0 radical (unpaired) electrons. The van der Waals surface area contributed by atoms with Crippen LogP contribution in [0.3, 0.4) is 0 Å². The Morgan fingerprint density at radius 1 is 0.545 bits per heavy atom. The highest BCUT2D eigenvalue weighted by Crippen LogP contribution is 2.27. The van der Waals surface area contributed by atoms with E-state index < -0.39 is 0 Å². The molecule has 0 fully saturated rings. The first-order valence-corrected chi connectivity index (χ1v) is 11.5. The third-order valence-corrected chi connectivity index (χ3v) is 5.77. The average Bonchev–Trinajstić information content (AvgIpc) is 2.76. The van der Waals surface area contributed by atoms with Gasteiger partial charge in [-0.1, -0.05) is 48.5 Å². The molecular weight excluding hydrogens is 498 g/mol. The van der Waals surface area contributed by atoms with Crippen molar-refractivity contribution in [3.8, 4) is 0 Å². The van der Waals surface area contributed by atoms with Crippen molar-refractivity contribution in [2.24, 2.45) is 0 Å². The summed E-state index contributed by atoms with van der Waals surface area (Å²) in [7, 11) is 0. The smallest absolute Gasteiger partial charge is 0.102 e. The van der Waals surface area contributed by atoms with Crippen molar-refractivity contribution in [2.45, 2.75) is 32.2 Å². The highest BCUT2D eigenvalue weighted by molar-refractivity contribution is 6.02. The molecule has 0 unspecified atom stereocenters. The molecule has 0 aliphatic heterocycles. The molecule has 4 nitrogen and oxygen atoms in total. The van der Waals surface area contributed by atoms with Crippen LogP contribution >= 0.6 is 0 Å². The van der Waals surface area contributed by atoms with E-state index >= 15 is 0 Å². The van der Waals surface area contributed by atoms with Gasteiger partial charge in [-0.3, -0.25) is 0 Å². The van der Waals surface area contributed by atoms with Gasteiger partial charge in [0.05, 0.1) is 39.3 Å². The number of fused-ring (bicyclic) bond motifs is 2. The van der Waals surface area contributed by atoms with E-state index in [1.807, 2.05) is 0 Å². The fourth-order valence-corrected chi connectivity index (χ4v) is 4.14. The molecule has 0 aliphatic rings. The minimum Gasteiger partial charge on any atom is -1.00 e. The lowest BCUT2D eigenvalue weighted by Crippen LogP contribution is -3.00. The second-order valence-electron chi connectivity index (χ2n) is 8.08. The van der Waals surface area contributed by atoms with Gasteiger partial charge in [-0.2, -0.15) is 0 Å². The Hall–Kier alpha value is -0.820. The SMILES string of the molecule is [Cl-].[Cl-].[Cl-].[Cl-].[NH3+]CCCC[NH2+]CCC[NH2+]CCC[NH2+]Cc1c2ccccc2cc2ccccc12. The third kappa shape index (κ3) is 11.4. The molecule has 3 aromatic carbocycles. The standard InChI is InChI=1S/C25H36N4.4ClH/c26-13-5-6-14-27-15-7-16-28-17-8-18-29-20-25-23-11-3-1-9-21(23)19-22-10-2-4-12-24(22)25;;;;/h1-4,9-12,19,27-29H,5-8,13-18,20,26H2;4*1H. The van der Waals surface area contributed by atoms with Crippen molar-refractivity contribution in [3.63, 3.8) is 0 Å². The van der Waals surface area contributed by atoms with E-state index in [-0.39, 0.29) is 49.6 Å². The quantitative estimate of drug-likeness (QED) is 0.116. The van der Waals surface area contributed by atoms with Crippen LogP contribution in [-0.2, 0) is 6.54 Å². The van der Waals surface area contributed by atoms with Crippen LogP contribution in [0.5, 0.6) is 0 Å². The Morgan fingerprint density at radius 2 is 1.00 bits per heavy atom. The maximum absolute atomic E-state index is 3.90. The average molecular weight is 538 g/mol. The first-order valence-electron chi connectivity index (χ1n) is 11.5. The molecule has 0 aliphatic carbocycles. The van der Waals surface area contributed by atoms with Crippen molar-refractivity contribution in [1.29, 1.82) is 0 Å². The second-order valence-corrected chi connectivity index (χ2v) is 8.08. The summed E-state index contributed by atoms with van der Waals surface area (Å²) in [5.74, 6) is 0. The third-order valence-electron chi connectivity index (χ3n) is 5.77. The zero-order valence-electron chi connectivity index (χ0n) is 19.4. The van der Waals surface area contributed by atoms with Crippen LogP contribution in [0.4, 0.5) is 0 Å². The maximum Gasteiger partial charge on any atom is 0.102 e. The zero-order chi connectivity index (χ0) is 20.2. The molecule has 3 rings (SSSR count). The Balaban J connectivity index is 0. The number of halogens is 4. The summed E-state index contributed by atoms with van der Waals surface area (Å²) < 4.78 is 0. The molecule has 0 heterocycles. The molecule has 9 N–H and O–H groups in total. The van der Waals surface area contributed by atoms with Crippen molar-refractivity contribution in [3.05, 3.63) is 60.2 Å². The normalized spacial score (nSPS) is 10.1. The van der Waals surface area contributed by atoms with Gasteiger partial charge in [-0.25, -0.2) is 0 Å². The lowest BCUT2D eigenvalue weighted by Gasteiger charge is -2.11. The van der Waals surface area contributed by atoms with E-state index in [0.29, 0.717) is 0 Å². The summed E-state index contributed by atoms with van der Waals surface area (Å²) in [6, 6.07) is 19.9. The fourth-order valence-electron chi connectivity index (χ4n) is 4.14. The van der Waals surface area contributed by atoms with E-state index in [4.69, 9.17) is 0 Å². The second kappa shape index (κ2) is 20.5. The Morgan fingerprint density at radius 3 is 1.52 bits per heavy atom. The van der Waals surface area contributed by atoms with Gasteiger partial charge in [0.1, 0.15) is 6.54 Å². The predicted molar refractivity (Wildman–Crippen MR) is 121 cm³/mol. The number of quaternary nitrogens is 4. The number of hydrogen-bond acceptors (Lipinski definition) is 0. The van der Waals surface area contributed by atoms with Gasteiger partial charge in [-0.05, 0) is 27.6 Å². The van der Waals surface area contributed by atoms with Crippen LogP contribution < -0.4 is 71.3 Å². The van der Waals surface area contributed by atoms with E-state index in [9.17, 15) is 0 Å². The zero-order valence-corrected chi connectivity index (χ0v) is 22.4. The van der Waals surface area contributed by atoms with E-state index in [0.717, 1.165) is 13.1 Å². The largest absolute Gasteiger partial charge is 1.00 e. The van der Waals surface area contributed by atoms with Gasteiger partial charge in [0, 0.05) is 31.2 Å². The highest BCUT2D eigenvalue weighted by atomic mass is 35.5. The molecule has 0 amide bonds. The topological polar surface area (TPSA) is 77.5 Å². The molecule has 33 heavy (non-hydrogen) atoms. The van der Waals surface area contributed by atoms with Crippen LogP contribution in [-0.4, -0.2) is 39.3 Å². The summed E-state index contributed by atoms with van der Waals surface area (Å²) in [5.41, 5.74) is 5.38. The number of rotatable bonds is 14. The molecule has 0 saturated heterocycles. The van der Waals surface area contributed by atoms with E-state index in [1.54, 1.807) is 0 Å². The summed E-state index contributed by atoms with van der Waals surface area (Å²) in [6.07, 6.45) is 5.18. The predicted octanol–water partition coefficient (Wildman–Crippen LogP) is -12.0. The van der Waals surface area contributed by atoms with Crippen molar-refractivity contribution in [1.82, 2.24) is 0 Å². The molecular formula is C25H40Cl4N4. The van der Waals surface area contributed by atoms with E-state index in [1.165, 1.54) is 85.5 Å². The molecule has 0 atom stereocenters. The van der Waals surface area contributed by atoms with Gasteiger partial charge in [0.25, 0.3) is 0 Å². The monoisotopic (exact) mass is 536 g/mol. The summed E-state index contributed by atoms with van der Waals surface area (Å²) in [4.78, 5) is 0. The Bertz CT molecular complexity index is 825. The van der Waals surface area contributed by atoms with Crippen molar-refractivity contribution < 1.29 is 71.3 Å². The van der Waals surface area contributed by atoms with Gasteiger partial charge in [0.2, 0.25) is 0 Å². The maximum atomic E-state index is 3.90. The molecule has 3 aromatic rings. The number of nitrogens with two attached hydrogens (primary N) is 3. The molecule has 0 spiro atoms. The fraction of sp³-hybridized carbons (Fsp3) is 0.440. The van der Waals surface area contributed by atoms with Crippen LogP contribution in [0.15, 0.2) is 54.6 Å². The molecule has 0 saturated carbocycles. The summed E-state index contributed by atoms with van der Waals surface area (Å²) in [5, 5.41) is 13.0. The summed E-state index contributed by atoms with van der Waals surface area (Å²) >= 11 is 0. The van der Waals surface area contributed by atoms with Crippen LogP contribution in [0.25, 0.3) is 21.5 Å². The van der Waals surface area contributed by atoms with E-state index in [2.05, 4.69) is 76.3 Å². The minimum atomic E-state index is 0. The molecule has 8 heteroatoms. The van der Waals surface area contributed by atoms with Crippen molar-refractivity contribution >= 4 is 21.5 Å². The Kier molecular flexibility index (Phi) is 21.4. The number of benzene rings is 3. The Labute approximate surface area is 223 Å². The molecule has 0 bridgehead atoms. The van der Waals surface area contributed by atoms with Gasteiger partial charge in [-0.15, -0.1) is 0 Å². The first kappa shape index (κ1) is 34.3. The molecule has 0 aromatic heterocycles. The number of unbranched alkanes of at least 4 members (excludes halogenated alkanes) is 1. The van der Waals surface area contributed by atoms with Crippen molar-refractivity contribution in [2.75, 3.05) is 39.3 Å². The first-order chi connectivity index (χ1) is 14.4. The summed E-state index contributed by atoms with van der Waals surface area (Å²) in [6.45, 7) is 8.39. The lowest BCUT2D eigenvalue weighted by molar-refractivity contribution is -0.695. The number of hydrogen-bond donors (Lipinski definition) is 4. The van der Waals surface area contributed by atoms with Crippen LogP contribution in [0.2, 0.25) is 0 Å². The minimum absolute atomic E-state index is 0.